The van der Waals surface area contributed by atoms with Crippen LogP contribution in [-0.4, -0.2) is 40.1 Å². The Hall–Kier alpha value is -0.841. The molecule has 1 aliphatic rings. The van der Waals surface area contributed by atoms with E-state index < -0.39 is 0 Å². The van der Waals surface area contributed by atoms with E-state index in [1.54, 1.807) is 13.8 Å². The van der Waals surface area contributed by atoms with Gasteiger partial charge >= 0.3 is 116 Å². The number of esters is 2. The Bertz CT molecular complexity index is 440. The second-order valence-corrected chi connectivity index (χ2v) is 6.74. The van der Waals surface area contributed by atoms with Crippen LogP contribution in [0.15, 0.2) is 0 Å². The van der Waals surface area contributed by atoms with Crippen LogP contribution in [0.1, 0.15) is 44.3 Å². The fourth-order valence-electron chi connectivity index (χ4n) is 1.78. The quantitative estimate of drug-likeness (QED) is 0.623. The van der Waals surface area contributed by atoms with Gasteiger partial charge in [0.1, 0.15) is 0 Å². The number of fused-ring (bicyclic) bond motifs is 1. The van der Waals surface area contributed by atoms with Gasteiger partial charge in [0.05, 0.1) is 0 Å². The maximum absolute atomic E-state index is 11.8. The van der Waals surface area contributed by atoms with Gasteiger partial charge in [0.2, 0.25) is 0 Å². The number of rotatable bonds is 4. The molecule has 1 aliphatic heterocycles. The molecule has 0 N–H and O–H groups in total. The molecule has 0 saturated heterocycles. The fraction of sp³-hybridized carbons (Fsp3) is 0.500. The second kappa shape index (κ2) is 5.87. The Labute approximate surface area is 116 Å². The van der Waals surface area contributed by atoms with Gasteiger partial charge in [-0.15, -0.1) is 0 Å². The predicted octanol–water partition coefficient (Wildman–Crippen LogP) is 1.82. The molecule has 4 nitrogen and oxygen atoms in total. The topological polar surface area (TPSA) is 52.6 Å². The van der Waals surface area contributed by atoms with E-state index >= 15 is 0 Å². The van der Waals surface area contributed by atoms with E-state index in [0.29, 0.717) is 37.9 Å². The average molecular weight is 333 g/mol. The minimum atomic E-state index is -0.313. The van der Waals surface area contributed by atoms with Crippen LogP contribution in [-0.2, 0) is 20.1 Å². The fourth-order valence-corrected chi connectivity index (χ4v) is 5.73. The van der Waals surface area contributed by atoms with Crippen LogP contribution in [0.5, 0.6) is 0 Å². The normalized spacial score (nSPS) is 13.2. The monoisotopic (exact) mass is 334 g/mol. The molecule has 2 rings (SSSR count). The van der Waals surface area contributed by atoms with E-state index in [1.807, 2.05) is 0 Å². The van der Waals surface area contributed by atoms with Crippen molar-refractivity contribution in [1.29, 1.82) is 0 Å². The molecule has 1 aromatic heterocycles. The molecule has 0 aliphatic carbocycles. The SMILES string of the molecule is CCOC(=O)c1sc(C(=O)OCC)c2c1C[Se]C2. The van der Waals surface area contributed by atoms with Crippen molar-refractivity contribution in [2.75, 3.05) is 13.2 Å². The zero-order valence-electron chi connectivity index (χ0n) is 10.3. The van der Waals surface area contributed by atoms with Crippen molar-refractivity contribution >= 4 is 38.2 Å². The molecule has 0 unspecified atom stereocenters. The van der Waals surface area contributed by atoms with Crippen LogP contribution < -0.4 is 0 Å². The summed E-state index contributed by atoms with van der Waals surface area (Å²) in [6, 6.07) is 0. The zero-order valence-corrected chi connectivity index (χ0v) is 12.8. The van der Waals surface area contributed by atoms with E-state index in [9.17, 15) is 9.59 Å². The number of thiophene rings is 1. The van der Waals surface area contributed by atoms with E-state index in [1.165, 1.54) is 11.3 Å². The summed E-state index contributed by atoms with van der Waals surface area (Å²) in [4.78, 5) is 24.9. The molecule has 0 radical (unpaired) electrons. The molecule has 0 spiro atoms. The average Bonchev–Trinajstić information content (AvgIpc) is 2.89. The summed E-state index contributed by atoms with van der Waals surface area (Å²) in [7, 11) is 0. The molecule has 1 aromatic rings. The first kappa shape index (κ1) is 13.6. The van der Waals surface area contributed by atoms with Gasteiger partial charge in [-0.3, -0.25) is 0 Å². The van der Waals surface area contributed by atoms with Crippen molar-refractivity contribution < 1.29 is 19.1 Å². The van der Waals surface area contributed by atoms with Crippen molar-refractivity contribution in [3.05, 3.63) is 20.9 Å². The van der Waals surface area contributed by atoms with Gasteiger partial charge in [0.15, 0.2) is 0 Å². The molecular formula is C12H14O4SSe. The third kappa shape index (κ3) is 2.46. The predicted molar refractivity (Wildman–Crippen MR) is 69.4 cm³/mol. The minimum absolute atomic E-state index is 0.313. The Balaban J connectivity index is 2.36. The third-order valence-corrected chi connectivity index (χ3v) is 5.83. The van der Waals surface area contributed by atoms with Crippen molar-refractivity contribution in [3.8, 4) is 0 Å². The molecule has 0 saturated carbocycles. The summed E-state index contributed by atoms with van der Waals surface area (Å²) in [5.74, 6) is -0.626. The van der Waals surface area contributed by atoms with E-state index in [-0.39, 0.29) is 11.9 Å². The molecular weight excluding hydrogens is 319 g/mol. The first-order chi connectivity index (χ1) is 8.69. The number of carbonyl (C=O) groups is 2. The maximum atomic E-state index is 11.8. The standard InChI is InChI=1S/C12H14O4SSe/c1-3-15-11(13)9-7-5-18-6-8(7)10(17-9)12(14)16-4-2/h3-6H2,1-2H3. The van der Waals surface area contributed by atoms with Crippen molar-refractivity contribution in [1.82, 2.24) is 0 Å². The van der Waals surface area contributed by atoms with E-state index in [0.717, 1.165) is 21.8 Å². The summed E-state index contributed by atoms with van der Waals surface area (Å²) in [5, 5.41) is 1.82. The molecule has 0 atom stereocenters. The first-order valence-corrected chi connectivity index (χ1v) is 8.99. The molecule has 0 bridgehead atoms. The number of hydrogen-bond acceptors (Lipinski definition) is 5. The molecule has 0 amide bonds. The molecule has 0 fully saturated rings. The summed E-state index contributed by atoms with van der Waals surface area (Å²) >= 11 is 1.66. The van der Waals surface area contributed by atoms with Gasteiger partial charge in [-0.1, -0.05) is 0 Å². The molecule has 98 valence electrons. The molecule has 6 heteroatoms. The van der Waals surface area contributed by atoms with Crippen molar-refractivity contribution in [3.63, 3.8) is 0 Å². The summed E-state index contributed by atoms with van der Waals surface area (Å²) < 4.78 is 10.1. The van der Waals surface area contributed by atoms with E-state index in [2.05, 4.69) is 0 Å². The Morgan fingerprint density at radius 3 is 1.89 bits per heavy atom. The number of hydrogen-bond donors (Lipinski definition) is 0. The second-order valence-electron chi connectivity index (χ2n) is 3.65. The number of ether oxygens (including phenoxy) is 2. The van der Waals surface area contributed by atoms with Crippen LogP contribution >= 0.6 is 11.3 Å². The Morgan fingerprint density at radius 1 is 1.06 bits per heavy atom. The van der Waals surface area contributed by atoms with E-state index in [4.69, 9.17) is 9.47 Å². The molecule has 18 heavy (non-hydrogen) atoms. The number of carbonyl (C=O) groups excluding carboxylic acids is 2. The first-order valence-electron chi connectivity index (χ1n) is 5.75. The van der Waals surface area contributed by atoms with Gasteiger partial charge < -0.3 is 0 Å². The summed E-state index contributed by atoms with van der Waals surface area (Å²) in [5.41, 5.74) is 2.03. The van der Waals surface area contributed by atoms with Gasteiger partial charge in [0.25, 0.3) is 0 Å². The molecule has 2 heterocycles. The van der Waals surface area contributed by atoms with Crippen LogP contribution in [0.3, 0.4) is 0 Å². The van der Waals surface area contributed by atoms with Gasteiger partial charge in [-0.2, -0.15) is 0 Å². The molecule has 0 aromatic carbocycles. The van der Waals surface area contributed by atoms with Crippen LogP contribution in [0.2, 0.25) is 0 Å². The Kier molecular flexibility index (Phi) is 4.43. The van der Waals surface area contributed by atoms with Crippen LogP contribution in [0.4, 0.5) is 0 Å². The Morgan fingerprint density at radius 2 is 1.50 bits per heavy atom. The van der Waals surface area contributed by atoms with Crippen molar-refractivity contribution in [2.45, 2.75) is 24.5 Å². The van der Waals surface area contributed by atoms with Crippen LogP contribution in [0, 0.1) is 0 Å². The van der Waals surface area contributed by atoms with Gasteiger partial charge in [-0.25, -0.2) is 0 Å². The third-order valence-electron chi connectivity index (χ3n) is 2.53. The zero-order chi connectivity index (χ0) is 13.1. The summed E-state index contributed by atoms with van der Waals surface area (Å²) in [6.45, 7) is 4.26. The van der Waals surface area contributed by atoms with Crippen molar-refractivity contribution in [2.24, 2.45) is 0 Å². The summed E-state index contributed by atoms with van der Waals surface area (Å²) in [6.07, 6.45) is 0. The van der Waals surface area contributed by atoms with Gasteiger partial charge in [-0.05, 0) is 0 Å². The van der Waals surface area contributed by atoms with Crippen LogP contribution in [0.25, 0.3) is 0 Å². The van der Waals surface area contributed by atoms with Gasteiger partial charge in [0, 0.05) is 0 Å².